The Hall–Kier alpha value is -3.22. The van der Waals surface area contributed by atoms with Crippen LogP contribution in [0.25, 0.3) is 0 Å². The second kappa shape index (κ2) is 10.2. The largest absolute Gasteiger partial charge is 0.454 e. The molecule has 0 aliphatic heterocycles. The number of amides is 2. The smallest absolute Gasteiger partial charge is 0.329 e. The van der Waals surface area contributed by atoms with Crippen molar-refractivity contribution in [1.29, 1.82) is 0 Å². The highest BCUT2D eigenvalue weighted by Gasteiger charge is 2.26. The lowest BCUT2D eigenvalue weighted by atomic mass is 10.0. The molecule has 0 aliphatic carbocycles. The van der Waals surface area contributed by atoms with E-state index in [1.165, 1.54) is 12.1 Å². The maximum atomic E-state index is 12.9. The molecule has 148 valence electrons. The minimum atomic E-state index is -0.877. The molecule has 2 aromatic rings. The van der Waals surface area contributed by atoms with Crippen molar-refractivity contribution in [2.45, 2.75) is 26.4 Å². The van der Waals surface area contributed by atoms with Crippen molar-refractivity contribution < 1.29 is 23.5 Å². The molecule has 7 heteroatoms. The minimum absolute atomic E-state index is 0.190. The van der Waals surface area contributed by atoms with Crippen LogP contribution in [0, 0.1) is 11.7 Å². The summed E-state index contributed by atoms with van der Waals surface area (Å²) in [7, 11) is 0. The van der Waals surface area contributed by atoms with E-state index in [2.05, 4.69) is 10.6 Å². The summed E-state index contributed by atoms with van der Waals surface area (Å²) in [6.45, 7) is 3.26. The lowest BCUT2D eigenvalue weighted by Gasteiger charge is -2.20. The summed E-state index contributed by atoms with van der Waals surface area (Å²) in [6, 6.07) is 13.3. The molecule has 0 radical (unpaired) electrons. The first kappa shape index (κ1) is 21.1. The normalized spacial score (nSPS) is 11.6. The predicted molar refractivity (Wildman–Crippen MR) is 102 cm³/mol. The fourth-order valence-corrected chi connectivity index (χ4v) is 2.39. The van der Waals surface area contributed by atoms with Gasteiger partial charge in [0, 0.05) is 12.1 Å². The Morgan fingerprint density at radius 2 is 1.64 bits per heavy atom. The topological polar surface area (TPSA) is 84.5 Å². The van der Waals surface area contributed by atoms with Gasteiger partial charge in [-0.3, -0.25) is 9.59 Å². The minimum Gasteiger partial charge on any atom is -0.454 e. The maximum absolute atomic E-state index is 12.9. The van der Waals surface area contributed by atoms with Gasteiger partial charge in [-0.25, -0.2) is 9.18 Å². The lowest BCUT2D eigenvalue weighted by molar-refractivity contribution is -0.151. The molecule has 0 aliphatic rings. The van der Waals surface area contributed by atoms with Gasteiger partial charge in [-0.05, 0) is 35.7 Å². The SMILES string of the molecule is CC(C)[C@@H](NC(=O)c1ccccc1)C(=O)OCC(=O)NCc1ccc(F)cc1. The molecule has 6 nitrogen and oxygen atoms in total. The molecule has 0 fully saturated rings. The average molecular weight is 386 g/mol. The summed E-state index contributed by atoms with van der Waals surface area (Å²) in [4.78, 5) is 36.4. The van der Waals surface area contributed by atoms with E-state index in [1.807, 2.05) is 0 Å². The number of halogens is 1. The molecule has 0 saturated heterocycles. The van der Waals surface area contributed by atoms with Crippen LogP contribution in [0.5, 0.6) is 0 Å². The van der Waals surface area contributed by atoms with Gasteiger partial charge in [0.25, 0.3) is 11.8 Å². The van der Waals surface area contributed by atoms with Crippen molar-refractivity contribution in [3.63, 3.8) is 0 Å². The number of hydrogen-bond donors (Lipinski definition) is 2. The van der Waals surface area contributed by atoms with E-state index in [9.17, 15) is 18.8 Å². The first-order valence-corrected chi connectivity index (χ1v) is 8.90. The molecule has 0 bridgehead atoms. The van der Waals surface area contributed by atoms with Crippen LogP contribution in [-0.2, 0) is 20.9 Å². The van der Waals surface area contributed by atoms with Crippen molar-refractivity contribution in [2.75, 3.05) is 6.61 Å². The molecular formula is C21H23FN2O4. The van der Waals surface area contributed by atoms with Crippen LogP contribution in [0.15, 0.2) is 54.6 Å². The fourth-order valence-electron chi connectivity index (χ4n) is 2.39. The number of carbonyl (C=O) groups excluding carboxylic acids is 3. The molecule has 2 N–H and O–H groups in total. The molecule has 0 aromatic heterocycles. The third-order valence-corrected chi connectivity index (χ3v) is 3.99. The standard InChI is InChI=1S/C21H23FN2O4/c1-14(2)19(24-20(26)16-6-4-3-5-7-16)21(27)28-13-18(25)23-12-15-8-10-17(22)11-9-15/h3-11,14,19H,12-13H2,1-2H3,(H,23,25)(H,24,26)/t19-/m1/s1. The zero-order chi connectivity index (χ0) is 20.5. The monoisotopic (exact) mass is 386 g/mol. The van der Waals surface area contributed by atoms with Crippen molar-refractivity contribution in [3.8, 4) is 0 Å². The number of esters is 1. The van der Waals surface area contributed by atoms with Crippen LogP contribution in [0.2, 0.25) is 0 Å². The highest BCUT2D eigenvalue weighted by molar-refractivity contribution is 5.97. The molecule has 2 rings (SSSR count). The van der Waals surface area contributed by atoms with E-state index >= 15 is 0 Å². The van der Waals surface area contributed by atoms with Crippen LogP contribution in [0.3, 0.4) is 0 Å². The number of hydrogen-bond acceptors (Lipinski definition) is 4. The van der Waals surface area contributed by atoms with Crippen LogP contribution < -0.4 is 10.6 Å². The number of ether oxygens (including phenoxy) is 1. The van der Waals surface area contributed by atoms with Crippen LogP contribution >= 0.6 is 0 Å². The molecule has 0 spiro atoms. The van der Waals surface area contributed by atoms with Crippen molar-refractivity contribution in [2.24, 2.45) is 5.92 Å². The Labute approximate surface area is 163 Å². The molecular weight excluding hydrogens is 363 g/mol. The Morgan fingerprint density at radius 3 is 2.25 bits per heavy atom. The number of benzene rings is 2. The summed E-state index contributed by atoms with van der Waals surface area (Å²) >= 11 is 0. The van der Waals surface area contributed by atoms with Crippen molar-refractivity contribution >= 4 is 17.8 Å². The van der Waals surface area contributed by atoms with E-state index in [4.69, 9.17) is 4.74 Å². The van der Waals surface area contributed by atoms with Gasteiger partial charge in [0.2, 0.25) is 0 Å². The zero-order valence-corrected chi connectivity index (χ0v) is 15.8. The van der Waals surface area contributed by atoms with Gasteiger partial charge in [0.1, 0.15) is 11.9 Å². The summed E-state index contributed by atoms with van der Waals surface area (Å²) in [5.74, 6) is -2.15. The molecule has 2 amide bonds. The van der Waals surface area contributed by atoms with Crippen LogP contribution in [0.1, 0.15) is 29.8 Å². The third-order valence-electron chi connectivity index (χ3n) is 3.99. The zero-order valence-electron chi connectivity index (χ0n) is 15.8. The molecule has 2 aromatic carbocycles. The Morgan fingerprint density at radius 1 is 1.00 bits per heavy atom. The second-order valence-electron chi connectivity index (χ2n) is 6.57. The predicted octanol–water partition coefficient (Wildman–Crippen LogP) is 2.44. The first-order chi connectivity index (χ1) is 13.4. The summed E-state index contributed by atoms with van der Waals surface area (Å²) in [5.41, 5.74) is 1.15. The van der Waals surface area contributed by atoms with Gasteiger partial charge in [-0.15, -0.1) is 0 Å². The van der Waals surface area contributed by atoms with Crippen molar-refractivity contribution in [1.82, 2.24) is 10.6 Å². The van der Waals surface area contributed by atoms with Gasteiger partial charge < -0.3 is 15.4 Å². The molecule has 0 saturated carbocycles. The number of rotatable bonds is 8. The number of carbonyl (C=O) groups is 3. The number of nitrogens with one attached hydrogen (secondary N) is 2. The van der Waals surface area contributed by atoms with Crippen LogP contribution in [0.4, 0.5) is 4.39 Å². The molecule has 0 unspecified atom stereocenters. The fraction of sp³-hybridized carbons (Fsp3) is 0.286. The average Bonchev–Trinajstić information content (AvgIpc) is 2.70. The quantitative estimate of drug-likeness (QED) is 0.683. The molecule has 1 atom stereocenters. The maximum Gasteiger partial charge on any atom is 0.329 e. The summed E-state index contributed by atoms with van der Waals surface area (Å²) in [6.07, 6.45) is 0. The van der Waals surface area contributed by atoms with Gasteiger partial charge in [-0.1, -0.05) is 44.2 Å². The molecule has 0 heterocycles. The van der Waals surface area contributed by atoms with E-state index in [1.54, 1.807) is 56.3 Å². The van der Waals surface area contributed by atoms with Gasteiger partial charge in [-0.2, -0.15) is 0 Å². The first-order valence-electron chi connectivity index (χ1n) is 8.90. The lowest BCUT2D eigenvalue weighted by Crippen LogP contribution is -2.46. The van der Waals surface area contributed by atoms with Gasteiger partial charge in [0.05, 0.1) is 0 Å². The van der Waals surface area contributed by atoms with Gasteiger partial charge in [0.15, 0.2) is 6.61 Å². The Kier molecular flexibility index (Phi) is 7.68. The van der Waals surface area contributed by atoms with Crippen LogP contribution in [-0.4, -0.2) is 30.4 Å². The van der Waals surface area contributed by atoms with E-state index in [-0.39, 0.29) is 18.3 Å². The van der Waals surface area contributed by atoms with E-state index in [0.29, 0.717) is 5.56 Å². The van der Waals surface area contributed by atoms with E-state index < -0.39 is 30.4 Å². The summed E-state index contributed by atoms with van der Waals surface area (Å²) in [5, 5.41) is 5.22. The second-order valence-corrected chi connectivity index (χ2v) is 6.57. The Bertz CT molecular complexity index is 807. The van der Waals surface area contributed by atoms with Gasteiger partial charge >= 0.3 is 5.97 Å². The Balaban J connectivity index is 1.83. The third kappa shape index (κ3) is 6.50. The molecule has 28 heavy (non-hydrogen) atoms. The highest BCUT2D eigenvalue weighted by atomic mass is 19.1. The highest BCUT2D eigenvalue weighted by Crippen LogP contribution is 2.07. The van der Waals surface area contributed by atoms with E-state index in [0.717, 1.165) is 5.56 Å². The summed E-state index contributed by atoms with van der Waals surface area (Å²) < 4.78 is 17.9. The van der Waals surface area contributed by atoms with Crippen molar-refractivity contribution in [3.05, 3.63) is 71.5 Å².